The third kappa shape index (κ3) is 4.31. The van der Waals surface area contributed by atoms with Crippen LogP contribution < -0.4 is 0 Å². The van der Waals surface area contributed by atoms with E-state index < -0.39 is 0 Å². The van der Waals surface area contributed by atoms with Crippen molar-refractivity contribution in [1.29, 1.82) is 0 Å². The molecule has 0 radical (unpaired) electrons. The minimum atomic E-state index is -0.280. The fraction of sp³-hybridized carbons (Fsp3) is 0.273. The van der Waals surface area contributed by atoms with E-state index in [4.69, 9.17) is 9.72 Å². The van der Waals surface area contributed by atoms with Gasteiger partial charge < -0.3 is 4.74 Å². The van der Waals surface area contributed by atoms with E-state index >= 15 is 0 Å². The molecule has 2 aromatic carbocycles. The van der Waals surface area contributed by atoms with E-state index in [0.29, 0.717) is 12.2 Å². The van der Waals surface area contributed by atoms with Crippen LogP contribution in [-0.4, -0.2) is 17.6 Å². The summed E-state index contributed by atoms with van der Waals surface area (Å²) in [6.07, 6.45) is 3.06. The highest BCUT2D eigenvalue weighted by atomic mass is 79.9. The van der Waals surface area contributed by atoms with Gasteiger partial charge in [-0.3, -0.25) is 0 Å². The molecule has 0 saturated carbocycles. The lowest BCUT2D eigenvalue weighted by Gasteiger charge is -2.11. The average Bonchev–Trinajstić information content (AvgIpc) is 2.65. The first-order chi connectivity index (χ1) is 12.6. The molecule has 3 nitrogen and oxygen atoms in total. The van der Waals surface area contributed by atoms with Gasteiger partial charge in [0.25, 0.3) is 0 Å². The van der Waals surface area contributed by atoms with Crippen LogP contribution in [0.25, 0.3) is 22.2 Å². The zero-order valence-corrected chi connectivity index (χ0v) is 16.7. The number of hydrogen-bond acceptors (Lipinski definition) is 3. The number of benzene rings is 2. The summed E-state index contributed by atoms with van der Waals surface area (Å²) in [5.41, 5.74) is 4.21. The minimum absolute atomic E-state index is 0.280. The Hall–Kier alpha value is -2.20. The number of halogens is 1. The van der Waals surface area contributed by atoms with Gasteiger partial charge in [-0.1, -0.05) is 59.5 Å². The number of nitrogens with zero attached hydrogens (tertiary/aromatic N) is 1. The van der Waals surface area contributed by atoms with Crippen molar-refractivity contribution >= 4 is 32.8 Å². The van der Waals surface area contributed by atoms with Crippen molar-refractivity contribution in [3.63, 3.8) is 0 Å². The summed E-state index contributed by atoms with van der Waals surface area (Å²) in [4.78, 5) is 17.5. The number of aryl methyl sites for hydroxylation is 1. The summed E-state index contributed by atoms with van der Waals surface area (Å²) < 4.78 is 6.52. The monoisotopic (exact) mass is 411 g/mol. The summed E-state index contributed by atoms with van der Waals surface area (Å²) in [5, 5.41) is 0.839. The largest absolute Gasteiger partial charge is 0.462 e. The van der Waals surface area contributed by atoms with Crippen LogP contribution in [0.3, 0.4) is 0 Å². The number of carbonyl (C=O) groups excluding carboxylic acids is 1. The SMILES string of the molecule is CCCCCOC(=O)c1cc(-c2ccc(Br)cc2)nc2ccc(C)cc12. The second-order valence-corrected chi connectivity index (χ2v) is 7.34. The molecule has 0 N–H and O–H groups in total. The van der Waals surface area contributed by atoms with E-state index in [1.165, 1.54) is 0 Å². The van der Waals surface area contributed by atoms with Crippen LogP contribution in [0, 0.1) is 6.92 Å². The van der Waals surface area contributed by atoms with Crippen molar-refractivity contribution in [2.45, 2.75) is 33.1 Å². The highest BCUT2D eigenvalue weighted by molar-refractivity contribution is 9.10. The topological polar surface area (TPSA) is 39.2 Å². The molecule has 0 spiro atoms. The first kappa shape index (κ1) is 18.6. The lowest BCUT2D eigenvalue weighted by Crippen LogP contribution is -2.08. The van der Waals surface area contributed by atoms with Crippen LogP contribution in [0.2, 0.25) is 0 Å². The number of fused-ring (bicyclic) bond motifs is 1. The first-order valence-corrected chi connectivity index (χ1v) is 9.72. The Balaban J connectivity index is 2.02. The lowest BCUT2D eigenvalue weighted by atomic mass is 10.0. The number of pyridine rings is 1. The molecule has 134 valence electrons. The zero-order valence-electron chi connectivity index (χ0n) is 15.1. The molecule has 0 aliphatic carbocycles. The van der Waals surface area contributed by atoms with Crippen molar-refractivity contribution in [3.8, 4) is 11.3 Å². The quantitative estimate of drug-likeness (QED) is 0.351. The van der Waals surface area contributed by atoms with Crippen molar-refractivity contribution < 1.29 is 9.53 Å². The summed E-state index contributed by atoms with van der Waals surface area (Å²) in [6, 6.07) is 15.7. The third-order valence-electron chi connectivity index (χ3n) is 4.31. The van der Waals surface area contributed by atoms with Gasteiger partial charge >= 0.3 is 5.97 Å². The van der Waals surface area contributed by atoms with Gasteiger partial charge in [-0.05, 0) is 43.7 Å². The van der Waals surface area contributed by atoms with E-state index in [9.17, 15) is 4.79 Å². The standard InChI is InChI=1S/C22H22BrNO2/c1-3-4-5-12-26-22(25)19-14-21(16-7-9-17(23)10-8-16)24-20-11-6-15(2)13-18(19)20/h6-11,13-14H,3-5,12H2,1-2H3. The summed E-state index contributed by atoms with van der Waals surface area (Å²) in [5.74, 6) is -0.280. The molecular formula is C22H22BrNO2. The Morgan fingerprint density at radius 2 is 1.85 bits per heavy atom. The molecular weight excluding hydrogens is 390 g/mol. The molecule has 26 heavy (non-hydrogen) atoms. The molecule has 0 fully saturated rings. The summed E-state index contributed by atoms with van der Waals surface area (Å²) in [6.45, 7) is 4.60. The van der Waals surface area contributed by atoms with Crippen LogP contribution in [0.1, 0.15) is 42.1 Å². The van der Waals surface area contributed by atoms with E-state index in [-0.39, 0.29) is 5.97 Å². The van der Waals surface area contributed by atoms with E-state index in [1.807, 2.05) is 55.5 Å². The number of hydrogen-bond donors (Lipinski definition) is 0. The number of esters is 1. The molecule has 0 aliphatic rings. The highest BCUT2D eigenvalue weighted by Crippen LogP contribution is 2.27. The average molecular weight is 412 g/mol. The minimum Gasteiger partial charge on any atom is -0.462 e. The van der Waals surface area contributed by atoms with Crippen LogP contribution in [0.15, 0.2) is 53.0 Å². The number of ether oxygens (including phenoxy) is 1. The maximum Gasteiger partial charge on any atom is 0.338 e. The molecule has 4 heteroatoms. The van der Waals surface area contributed by atoms with Gasteiger partial charge in [0.2, 0.25) is 0 Å². The van der Waals surface area contributed by atoms with Crippen LogP contribution in [0.4, 0.5) is 0 Å². The van der Waals surface area contributed by atoms with Crippen LogP contribution in [-0.2, 0) is 4.74 Å². The van der Waals surface area contributed by atoms with Crippen molar-refractivity contribution in [2.24, 2.45) is 0 Å². The van der Waals surface area contributed by atoms with E-state index in [0.717, 1.165) is 51.5 Å². The zero-order chi connectivity index (χ0) is 18.5. The van der Waals surface area contributed by atoms with Crippen molar-refractivity contribution in [2.75, 3.05) is 6.61 Å². The van der Waals surface area contributed by atoms with Crippen molar-refractivity contribution in [1.82, 2.24) is 4.98 Å². The molecule has 0 saturated heterocycles. The normalized spacial score (nSPS) is 10.9. The summed E-state index contributed by atoms with van der Waals surface area (Å²) >= 11 is 3.45. The molecule has 0 aliphatic heterocycles. The Kier molecular flexibility index (Phi) is 6.04. The molecule has 0 unspecified atom stereocenters. The highest BCUT2D eigenvalue weighted by Gasteiger charge is 2.15. The fourth-order valence-electron chi connectivity index (χ4n) is 2.87. The third-order valence-corrected chi connectivity index (χ3v) is 4.83. The summed E-state index contributed by atoms with van der Waals surface area (Å²) in [7, 11) is 0. The van der Waals surface area contributed by atoms with Crippen LogP contribution in [0.5, 0.6) is 0 Å². The number of carbonyl (C=O) groups is 1. The molecule has 0 amide bonds. The molecule has 1 heterocycles. The van der Waals surface area contributed by atoms with Crippen molar-refractivity contribution in [3.05, 3.63) is 64.1 Å². The lowest BCUT2D eigenvalue weighted by molar-refractivity contribution is 0.0500. The number of unbranched alkanes of at least 4 members (excludes halogenated alkanes) is 2. The molecule has 1 aromatic heterocycles. The predicted octanol–water partition coefficient (Wildman–Crippen LogP) is 6.32. The van der Waals surface area contributed by atoms with Gasteiger partial charge in [-0.15, -0.1) is 0 Å². The van der Waals surface area contributed by atoms with Gasteiger partial charge in [0, 0.05) is 15.4 Å². The van der Waals surface area contributed by atoms with Gasteiger partial charge in [0.05, 0.1) is 23.4 Å². The molecule has 3 aromatic rings. The Morgan fingerprint density at radius 3 is 2.58 bits per heavy atom. The second-order valence-electron chi connectivity index (χ2n) is 6.43. The Labute approximate surface area is 162 Å². The van der Waals surface area contributed by atoms with E-state index in [1.54, 1.807) is 0 Å². The van der Waals surface area contributed by atoms with Gasteiger partial charge in [0.1, 0.15) is 0 Å². The van der Waals surface area contributed by atoms with Gasteiger partial charge in [-0.2, -0.15) is 0 Å². The predicted molar refractivity (Wildman–Crippen MR) is 109 cm³/mol. The molecule has 0 atom stereocenters. The molecule has 0 bridgehead atoms. The fourth-order valence-corrected chi connectivity index (χ4v) is 3.14. The molecule has 3 rings (SSSR count). The van der Waals surface area contributed by atoms with Crippen LogP contribution >= 0.6 is 15.9 Å². The maximum atomic E-state index is 12.7. The smallest absolute Gasteiger partial charge is 0.338 e. The first-order valence-electron chi connectivity index (χ1n) is 8.93. The van der Waals surface area contributed by atoms with E-state index in [2.05, 4.69) is 22.9 Å². The Morgan fingerprint density at radius 1 is 1.08 bits per heavy atom. The number of aromatic nitrogens is 1. The van der Waals surface area contributed by atoms with Gasteiger partial charge in [0.15, 0.2) is 0 Å². The number of rotatable bonds is 6. The Bertz CT molecular complexity index is 919. The maximum absolute atomic E-state index is 12.7. The second kappa shape index (κ2) is 8.45. The van der Waals surface area contributed by atoms with Gasteiger partial charge in [-0.25, -0.2) is 9.78 Å².